The molecule has 4 nitrogen and oxygen atoms in total. The monoisotopic (exact) mass is 264 g/mol. The van der Waals surface area contributed by atoms with Crippen LogP contribution in [0.5, 0.6) is 5.88 Å². The maximum atomic E-state index is 11.9. The van der Waals surface area contributed by atoms with Crippen LogP contribution in [-0.2, 0) is 6.42 Å². The van der Waals surface area contributed by atoms with Crippen molar-refractivity contribution in [1.29, 1.82) is 0 Å². The van der Waals surface area contributed by atoms with Gasteiger partial charge in [-0.3, -0.25) is 4.79 Å². The highest BCUT2D eigenvalue weighted by molar-refractivity contribution is 6.30. The Labute approximate surface area is 109 Å². The molecule has 1 aromatic carbocycles. The number of aromatic amines is 1. The van der Waals surface area contributed by atoms with Crippen LogP contribution >= 0.6 is 11.6 Å². The smallest absolute Gasteiger partial charge is 0.262 e. The summed E-state index contributed by atoms with van der Waals surface area (Å²) in [6.07, 6.45) is 1.47. The van der Waals surface area contributed by atoms with Crippen molar-refractivity contribution >= 4 is 11.6 Å². The zero-order valence-electron chi connectivity index (χ0n) is 9.90. The number of aromatic nitrogens is 2. The summed E-state index contributed by atoms with van der Waals surface area (Å²) in [6.45, 7) is 1.97. The van der Waals surface area contributed by atoms with Crippen LogP contribution in [0.2, 0.25) is 5.02 Å². The molecule has 0 saturated carbocycles. The fourth-order valence-corrected chi connectivity index (χ4v) is 1.96. The van der Waals surface area contributed by atoms with Crippen molar-refractivity contribution in [3.63, 3.8) is 0 Å². The Morgan fingerprint density at radius 2 is 2.22 bits per heavy atom. The highest BCUT2D eigenvalue weighted by atomic mass is 35.5. The van der Waals surface area contributed by atoms with Crippen LogP contribution in [-0.4, -0.2) is 15.1 Å². The number of nitrogens with zero attached hydrogens (tertiary/aromatic N) is 1. The van der Waals surface area contributed by atoms with Crippen LogP contribution in [0.25, 0.3) is 11.1 Å². The Morgan fingerprint density at radius 3 is 2.83 bits per heavy atom. The minimum absolute atomic E-state index is 0.150. The van der Waals surface area contributed by atoms with Gasteiger partial charge in [0.25, 0.3) is 5.56 Å². The average molecular weight is 265 g/mol. The van der Waals surface area contributed by atoms with Gasteiger partial charge < -0.3 is 10.1 Å². The second-order valence-corrected chi connectivity index (χ2v) is 4.41. The van der Waals surface area contributed by atoms with E-state index in [1.807, 2.05) is 6.92 Å². The van der Waals surface area contributed by atoms with Gasteiger partial charge in [-0.2, -0.15) is 4.98 Å². The molecule has 0 unspecified atom stereocenters. The van der Waals surface area contributed by atoms with Gasteiger partial charge in [0.2, 0.25) is 5.88 Å². The van der Waals surface area contributed by atoms with Crippen molar-refractivity contribution in [2.45, 2.75) is 19.8 Å². The molecule has 0 aliphatic carbocycles. The molecule has 5 heteroatoms. The van der Waals surface area contributed by atoms with Gasteiger partial charge >= 0.3 is 0 Å². The lowest BCUT2D eigenvalue weighted by Gasteiger charge is -2.05. The molecule has 0 atom stereocenters. The van der Waals surface area contributed by atoms with Crippen molar-refractivity contribution in [3.05, 3.63) is 45.5 Å². The summed E-state index contributed by atoms with van der Waals surface area (Å²) < 4.78 is 0. The van der Waals surface area contributed by atoms with Crippen molar-refractivity contribution < 1.29 is 5.11 Å². The van der Waals surface area contributed by atoms with Gasteiger partial charge in [-0.15, -0.1) is 0 Å². The van der Waals surface area contributed by atoms with E-state index in [-0.39, 0.29) is 17.0 Å². The molecule has 0 saturated heterocycles. The Bertz CT molecular complexity index is 623. The topological polar surface area (TPSA) is 66.0 Å². The highest BCUT2D eigenvalue weighted by Gasteiger charge is 2.12. The molecule has 2 aromatic rings. The van der Waals surface area contributed by atoms with E-state index in [4.69, 9.17) is 11.6 Å². The van der Waals surface area contributed by atoms with Gasteiger partial charge in [0.05, 0.1) is 0 Å². The first kappa shape index (κ1) is 12.6. The average Bonchev–Trinajstić information content (AvgIpc) is 2.28. The van der Waals surface area contributed by atoms with Crippen molar-refractivity contribution in [2.75, 3.05) is 0 Å². The van der Waals surface area contributed by atoms with E-state index in [9.17, 15) is 9.90 Å². The third-order valence-corrected chi connectivity index (χ3v) is 2.78. The quantitative estimate of drug-likeness (QED) is 0.896. The molecular formula is C13H13ClN2O2. The normalized spacial score (nSPS) is 10.6. The molecule has 0 aliphatic heterocycles. The number of hydrogen-bond donors (Lipinski definition) is 2. The fraction of sp³-hybridized carbons (Fsp3) is 0.231. The molecule has 1 aromatic heterocycles. The molecule has 2 rings (SSSR count). The summed E-state index contributed by atoms with van der Waals surface area (Å²) in [4.78, 5) is 18.6. The molecule has 0 amide bonds. The molecule has 2 N–H and O–H groups in total. The van der Waals surface area contributed by atoms with Crippen LogP contribution < -0.4 is 5.56 Å². The number of hydrogen-bond acceptors (Lipinski definition) is 3. The summed E-state index contributed by atoms with van der Waals surface area (Å²) in [5.74, 6) is 0.232. The Balaban J connectivity index is 2.55. The summed E-state index contributed by atoms with van der Waals surface area (Å²) >= 11 is 5.87. The second kappa shape index (κ2) is 5.23. The van der Waals surface area contributed by atoms with E-state index in [1.54, 1.807) is 24.3 Å². The number of aryl methyl sites for hydroxylation is 1. The van der Waals surface area contributed by atoms with Crippen LogP contribution in [0.4, 0.5) is 0 Å². The SMILES string of the molecule is CCCc1nc(O)c(-c2cccc(Cl)c2)c(=O)[nH]1. The maximum absolute atomic E-state index is 11.9. The van der Waals surface area contributed by atoms with Crippen LogP contribution in [0.3, 0.4) is 0 Å². The van der Waals surface area contributed by atoms with E-state index in [1.165, 1.54) is 0 Å². The van der Waals surface area contributed by atoms with E-state index >= 15 is 0 Å². The molecule has 0 aliphatic rings. The second-order valence-electron chi connectivity index (χ2n) is 3.97. The first-order valence-electron chi connectivity index (χ1n) is 5.70. The molecule has 0 fully saturated rings. The summed E-state index contributed by atoms with van der Waals surface area (Å²) in [5.41, 5.74) is 0.349. The van der Waals surface area contributed by atoms with E-state index in [0.717, 1.165) is 6.42 Å². The fourth-order valence-electron chi connectivity index (χ4n) is 1.77. The first-order valence-corrected chi connectivity index (χ1v) is 6.07. The Morgan fingerprint density at radius 1 is 1.44 bits per heavy atom. The molecular weight excluding hydrogens is 252 g/mol. The standard InChI is InChI=1S/C13H13ClN2O2/c1-2-4-10-15-12(17)11(13(18)16-10)8-5-3-6-9(14)7-8/h3,5-7H,2,4H2,1H3,(H2,15,16,17,18). The summed E-state index contributed by atoms with van der Waals surface area (Å²) in [6, 6.07) is 6.75. The summed E-state index contributed by atoms with van der Waals surface area (Å²) in [5, 5.41) is 10.4. The Kier molecular flexibility index (Phi) is 3.67. The maximum Gasteiger partial charge on any atom is 0.262 e. The number of halogens is 1. The predicted molar refractivity (Wildman–Crippen MR) is 71.0 cm³/mol. The van der Waals surface area contributed by atoms with Gasteiger partial charge in [0, 0.05) is 11.4 Å². The van der Waals surface area contributed by atoms with Gasteiger partial charge in [-0.05, 0) is 24.1 Å². The van der Waals surface area contributed by atoms with Crippen molar-refractivity contribution in [3.8, 4) is 17.0 Å². The van der Waals surface area contributed by atoms with Gasteiger partial charge in [-0.1, -0.05) is 30.7 Å². The number of H-pyrrole nitrogens is 1. The molecule has 0 radical (unpaired) electrons. The number of nitrogens with one attached hydrogen (secondary N) is 1. The van der Waals surface area contributed by atoms with Crippen LogP contribution in [0.15, 0.2) is 29.1 Å². The third kappa shape index (κ3) is 2.54. The predicted octanol–water partition coefficient (Wildman–Crippen LogP) is 2.75. The zero-order chi connectivity index (χ0) is 13.1. The van der Waals surface area contributed by atoms with Crippen molar-refractivity contribution in [1.82, 2.24) is 9.97 Å². The number of benzene rings is 1. The van der Waals surface area contributed by atoms with Crippen LogP contribution in [0.1, 0.15) is 19.2 Å². The Hall–Kier alpha value is -1.81. The molecule has 94 valence electrons. The van der Waals surface area contributed by atoms with Gasteiger partial charge in [-0.25, -0.2) is 0 Å². The minimum atomic E-state index is -0.354. The van der Waals surface area contributed by atoms with E-state index in [2.05, 4.69) is 9.97 Å². The largest absolute Gasteiger partial charge is 0.493 e. The van der Waals surface area contributed by atoms with Gasteiger partial charge in [0.15, 0.2) is 0 Å². The highest BCUT2D eigenvalue weighted by Crippen LogP contribution is 2.25. The first-order chi connectivity index (χ1) is 8.61. The minimum Gasteiger partial charge on any atom is -0.493 e. The lowest BCUT2D eigenvalue weighted by molar-refractivity contribution is 0.449. The van der Waals surface area contributed by atoms with E-state index < -0.39 is 0 Å². The molecule has 0 spiro atoms. The lowest BCUT2D eigenvalue weighted by atomic mass is 10.1. The third-order valence-electron chi connectivity index (χ3n) is 2.55. The zero-order valence-corrected chi connectivity index (χ0v) is 10.7. The molecule has 18 heavy (non-hydrogen) atoms. The molecule has 1 heterocycles. The number of rotatable bonds is 3. The summed E-state index contributed by atoms with van der Waals surface area (Å²) in [7, 11) is 0. The van der Waals surface area contributed by atoms with Gasteiger partial charge in [0.1, 0.15) is 11.4 Å². The van der Waals surface area contributed by atoms with Crippen molar-refractivity contribution in [2.24, 2.45) is 0 Å². The van der Waals surface area contributed by atoms with Crippen LogP contribution in [0, 0.1) is 0 Å². The van der Waals surface area contributed by atoms with E-state index in [0.29, 0.717) is 22.8 Å². The lowest BCUT2D eigenvalue weighted by Crippen LogP contribution is -2.14. The number of aromatic hydroxyl groups is 1. The molecule has 0 bridgehead atoms.